The molecule has 0 atom stereocenters. The van der Waals surface area contributed by atoms with E-state index in [4.69, 9.17) is 0 Å². The molecule has 0 amide bonds. The number of H-pyrrole nitrogens is 1. The van der Waals surface area contributed by atoms with Crippen LogP contribution in [0, 0.1) is 0 Å². The monoisotopic (exact) mass is 244 g/mol. The van der Waals surface area contributed by atoms with Crippen molar-refractivity contribution in [1.29, 1.82) is 0 Å². The molecule has 94 valence electrons. The number of benzene rings is 1. The van der Waals surface area contributed by atoms with Gasteiger partial charge >= 0.3 is 0 Å². The van der Waals surface area contributed by atoms with Gasteiger partial charge < -0.3 is 15.3 Å². The predicted octanol–water partition coefficient (Wildman–Crippen LogP) is 1.19. The molecular formula is C13H16N4O. The molecule has 2 aromatic rings. The van der Waals surface area contributed by atoms with Crippen LogP contribution in [0.4, 0.5) is 5.69 Å². The van der Waals surface area contributed by atoms with Crippen LogP contribution >= 0.6 is 0 Å². The molecule has 0 unspecified atom stereocenters. The molecule has 0 radical (unpaired) electrons. The Hall–Kier alpha value is -2.01. The molecule has 2 heterocycles. The van der Waals surface area contributed by atoms with Gasteiger partial charge in [0.1, 0.15) is 5.75 Å². The molecule has 3 rings (SSSR count). The SMILES string of the molecule is Oc1ccccc1-c1[nH]ncc1N1CCNCC1. The van der Waals surface area contributed by atoms with Gasteiger partial charge in [-0.2, -0.15) is 5.10 Å². The summed E-state index contributed by atoms with van der Waals surface area (Å²) in [6.45, 7) is 3.87. The number of phenols is 1. The second-order valence-corrected chi connectivity index (χ2v) is 4.38. The van der Waals surface area contributed by atoms with Gasteiger partial charge in [-0.05, 0) is 12.1 Å². The molecule has 0 spiro atoms. The third-order valence-electron chi connectivity index (χ3n) is 3.25. The van der Waals surface area contributed by atoms with Crippen molar-refractivity contribution in [2.24, 2.45) is 0 Å². The van der Waals surface area contributed by atoms with Crippen molar-refractivity contribution in [1.82, 2.24) is 15.5 Å². The number of piperazine rings is 1. The summed E-state index contributed by atoms with van der Waals surface area (Å²) in [6, 6.07) is 7.32. The molecule has 1 aliphatic rings. The Morgan fingerprint density at radius 3 is 2.72 bits per heavy atom. The fourth-order valence-corrected chi connectivity index (χ4v) is 2.31. The van der Waals surface area contributed by atoms with Gasteiger partial charge in [-0.25, -0.2) is 0 Å². The first kappa shape index (κ1) is 11.1. The fourth-order valence-electron chi connectivity index (χ4n) is 2.31. The number of aromatic amines is 1. The van der Waals surface area contributed by atoms with Gasteiger partial charge in [-0.15, -0.1) is 0 Å². The maximum absolute atomic E-state index is 9.93. The molecule has 1 aromatic carbocycles. The molecule has 1 aliphatic heterocycles. The molecule has 1 fully saturated rings. The topological polar surface area (TPSA) is 64.2 Å². The Labute approximate surface area is 105 Å². The van der Waals surface area contributed by atoms with Crippen LogP contribution in [-0.4, -0.2) is 41.5 Å². The van der Waals surface area contributed by atoms with Gasteiger partial charge in [0.15, 0.2) is 0 Å². The van der Waals surface area contributed by atoms with E-state index >= 15 is 0 Å². The number of phenolic OH excluding ortho intramolecular Hbond substituents is 1. The average Bonchev–Trinajstić information content (AvgIpc) is 2.89. The highest BCUT2D eigenvalue weighted by Crippen LogP contribution is 2.34. The highest BCUT2D eigenvalue weighted by Gasteiger charge is 2.18. The first-order valence-electron chi connectivity index (χ1n) is 6.13. The van der Waals surface area contributed by atoms with Crippen molar-refractivity contribution >= 4 is 5.69 Å². The minimum atomic E-state index is 0.276. The van der Waals surface area contributed by atoms with Gasteiger partial charge in [0, 0.05) is 31.7 Å². The van der Waals surface area contributed by atoms with Gasteiger partial charge in [-0.3, -0.25) is 5.10 Å². The summed E-state index contributed by atoms with van der Waals surface area (Å²) in [5, 5.41) is 20.4. The summed E-state index contributed by atoms with van der Waals surface area (Å²) in [7, 11) is 0. The van der Waals surface area contributed by atoms with Crippen molar-refractivity contribution in [2.45, 2.75) is 0 Å². The highest BCUT2D eigenvalue weighted by atomic mass is 16.3. The van der Waals surface area contributed by atoms with Crippen LogP contribution in [-0.2, 0) is 0 Å². The molecule has 0 saturated carbocycles. The maximum atomic E-state index is 9.93. The maximum Gasteiger partial charge on any atom is 0.125 e. The molecule has 5 nitrogen and oxygen atoms in total. The number of aromatic nitrogens is 2. The number of aromatic hydroxyl groups is 1. The zero-order valence-corrected chi connectivity index (χ0v) is 10.1. The first-order chi connectivity index (χ1) is 8.86. The highest BCUT2D eigenvalue weighted by molar-refractivity contribution is 5.78. The van der Waals surface area contributed by atoms with Crippen LogP contribution in [0.1, 0.15) is 0 Å². The van der Waals surface area contributed by atoms with Gasteiger partial charge in [0.25, 0.3) is 0 Å². The van der Waals surface area contributed by atoms with E-state index in [9.17, 15) is 5.11 Å². The van der Waals surface area contributed by atoms with E-state index in [1.807, 2.05) is 24.4 Å². The minimum Gasteiger partial charge on any atom is -0.507 e. The first-order valence-corrected chi connectivity index (χ1v) is 6.13. The van der Waals surface area contributed by atoms with E-state index in [1.54, 1.807) is 6.07 Å². The van der Waals surface area contributed by atoms with Crippen molar-refractivity contribution in [3.8, 4) is 17.0 Å². The van der Waals surface area contributed by atoms with E-state index in [2.05, 4.69) is 20.4 Å². The number of hydrogen-bond acceptors (Lipinski definition) is 4. The van der Waals surface area contributed by atoms with E-state index in [1.165, 1.54) is 0 Å². The van der Waals surface area contributed by atoms with Crippen LogP contribution in [0.2, 0.25) is 0 Å². The van der Waals surface area contributed by atoms with E-state index in [-0.39, 0.29) is 5.75 Å². The number of hydrogen-bond donors (Lipinski definition) is 3. The predicted molar refractivity (Wildman–Crippen MR) is 70.8 cm³/mol. The number of rotatable bonds is 2. The Morgan fingerprint density at radius 2 is 1.94 bits per heavy atom. The van der Waals surface area contributed by atoms with Gasteiger partial charge in [-0.1, -0.05) is 12.1 Å². The number of nitrogens with one attached hydrogen (secondary N) is 2. The third-order valence-corrected chi connectivity index (χ3v) is 3.25. The van der Waals surface area contributed by atoms with Crippen LogP contribution in [0.5, 0.6) is 5.75 Å². The summed E-state index contributed by atoms with van der Waals surface area (Å²) in [4.78, 5) is 2.28. The van der Waals surface area contributed by atoms with Crippen LogP contribution in [0.3, 0.4) is 0 Å². The van der Waals surface area contributed by atoms with Gasteiger partial charge in [0.2, 0.25) is 0 Å². The normalized spacial score (nSPS) is 15.9. The lowest BCUT2D eigenvalue weighted by molar-refractivity contribution is 0.477. The molecule has 18 heavy (non-hydrogen) atoms. The second-order valence-electron chi connectivity index (χ2n) is 4.38. The van der Waals surface area contributed by atoms with Crippen LogP contribution in [0.25, 0.3) is 11.3 Å². The summed E-state index contributed by atoms with van der Waals surface area (Å²) in [5.41, 5.74) is 2.73. The molecule has 1 saturated heterocycles. The fraction of sp³-hybridized carbons (Fsp3) is 0.308. The summed E-state index contributed by atoms with van der Waals surface area (Å²) in [5.74, 6) is 0.276. The lowest BCUT2D eigenvalue weighted by Crippen LogP contribution is -2.43. The third kappa shape index (κ3) is 1.93. The standard InChI is InChI=1S/C13H16N4O/c18-12-4-2-1-3-10(12)13-11(9-15-16-13)17-7-5-14-6-8-17/h1-4,9,14,18H,5-8H2,(H,15,16). The lowest BCUT2D eigenvalue weighted by atomic mass is 10.1. The molecule has 0 aliphatic carbocycles. The van der Waals surface area contributed by atoms with E-state index in [0.29, 0.717) is 0 Å². The van der Waals surface area contributed by atoms with Crippen LogP contribution < -0.4 is 10.2 Å². The van der Waals surface area contributed by atoms with E-state index in [0.717, 1.165) is 43.1 Å². The zero-order valence-electron chi connectivity index (χ0n) is 10.1. The molecule has 5 heteroatoms. The minimum absolute atomic E-state index is 0.276. The Bertz CT molecular complexity index is 531. The molecule has 0 bridgehead atoms. The zero-order chi connectivity index (χ0) is 12.4. The summed E-state index contributed by atoms with van der Waals surface area (Å²) < 4.78 is 0. The quantitative estimate of drug-likeness (QED) is 0.742. The second kappa shape index (κ2) is 4.70. The van der Waals surface area contributed by atoms with Gasteiger partial charge in [0.05, 0.1) is 17.6 Å². The number of nitrogens with zero attached hydrogens (tertiary/aromatic N) is 2. The molecule has 1 aromatic heterocycles. The Morgan fingerprint density at radius 1 is 1.17 bits per heavy atom. The lowest BCUT2D eigenvalue weighted by Gasteiger charge is -2.29. The average molecular weight is 244 g/mol. The molecule has 3 N–H and O–H groups in total. The van der Waals surface area contributed by atoms with Crippen molar-refractivity contribution in [3.63, 3.8) is 0 Å². The number of anilines is 1. The summed E-state index contributed by atoms with van der Waals surface area (Å²) in [6.07, 6.45) is 1.83. The van der Waals surface area contributed by atoms with Crippen molar-refractivity contribution in [2.75, 3.05) is 31.1 Å². The largest absolute Gasteiger partial charge is 0.507 e. The smallest absolute Gasteiger partial charge is 0.125 e. The van der Waals surface area contributed by atoms with Crippen LogP contribution in [0.15, 0.2) is 30.5 Å². The van der Waals surface area contributed by atoms with E-state index < -0.39 is 0 Å². The number of para-hydroxylation sites is 1. The Balaban J connectivity index is 1.98. The summed E-state index contributed by atoms with van der Waals surface area (Å²) >= 11 is 0. The van der Waals surface area contributed by atoms with Crippen molar-refractivity contribution in [3.05, 3.63) is 30.5 Å². The van der Waals surface area contributed by atoms with Crippen molar-refractivity contribution < 1.29 is 5.11 Å². The molecular weight excluding hydrogens is 228 g/mol. The Kier molecular flexibility index (Phi) is 2.90.